The van der Waals surface area contributed by atoms with Gasteiger partial charge in [0.1, 0.15) is 6.10 Å². The SMILES string of the molecule is CC(C)C[C@@H](N)[C@H](O)C(=O)N1CCC[C@H]1CNS(C)(=O)=O. The van der Waals surface area contributed by atoms with Crippen molar-refractivity contribution >= 4 is 15.9 Å². The molecule has 1 heterocycles. The van der Waals surface area contributed by atoms with E-state index in [1.807, 2.05) is 13.8 Å². The molecule has 0 aromatic heterocycles. The summed E-state index contributed by atoms with van der Waals surface area (Å²) >= 11 is 0. The molecule has 0 spiro atoms. The van der Waals surface area contributed by atoms with Crippen molar-refractivity contribution < 1.29 is 18.3 Å². The molecule has 21 heavy (non-hydrogen) atoms. The number of nitrogens with two attached hydrogens (primary N) is 1. The fraction of sp³-hybridized carbons (Fsp3) is 0.923. The molecular weight excluding hydrogens is 294 g/mol. The van der Waals surface area contributed by atoms with Gasteiger partial charge in [-0.15, -0.1) is 0 Å². The van der Waals surface area contributed by atoms with Crippen LogP contribution in [0.2, 0.25) is 0 Å². The Hall–Kier alpha value is -0.700. The molecule has 0 bridgehead atoms. The van der Waals surface area contributed by atoms with Crippen LogP contribution in [0.5, 0.6) is 0 Å². The smallest absolute Gasteiger partial charge is 0.253 e. The molecule has 4 N–H and O–H groups in total. The van der Waals surface area contributed by atoms with Gasteiger partial charge in [-0.2, -0.15) is 0 Å². The van der Waals surface area contributed by atoms with Gasteiger partial charge in [0.2, 0.25) is 10.0 Å². The van der Waals surface area contributed by atoms with Crippen LogP contribution in [-0.2, 0) is 14.8 Å². The van der Waals surface area contributed by atoms with Gasteiger partial charge in [0.25, 0.3) is 5.91 Å². The molecule has 1 fully saturated rings. The summed E-state index contributed by atoms with van der Waals surface area (Å²) in [5.74, 6) is -0.107. The normalized spacial score (nSPS) is 22.6. The Kier molecular flexibility index (Phi) is 6.58. The monoisotopic (exact) mass is 321 g/mol. The first-order valence-electron chi connectivity index (χ1n) is 7.30. The first-order valence-corrected chi connectivity index (χ1v) is 9.19. The van der Waals surface area contributed by atoms with E-state index >= 15 is 0 Å². The van der Waals surface area contributed by atoms with Crippen molar-refractivity contribution in [2.75, 3.05) is 19.3 Å². The number of sulfonamides is 1. The molecule has 7 nitrogen and oxygen atoms in total. The highest BCUT2D eigenvalue weighted by atomic mass is 32.2. The number of likely N-dealkylation sites (tertiary alicyclic amines) is 1. The van der Waals surface area contributed by atoms with E-state index in [1.165, 1.54) is 0 Å². The maximum atomic E-state index is 12.3. The molecule has 1 rings (SSSR count). The number of amides is 1. The van der Waals surface area contributed by atoms with Gasteiger partial charge in [0, 0.05) is 25.2 Å². The third kappa shape index (κ3) is 5.90. The maximum absolute atomic E-state index is 12.3. The lowest BCUT2D eigenvalue weighted by Crippen LogP contribution is -2.52. The highest BCUT2D eigenvalue weighted by molar-refractivity contribution is 7.88. The van der Waals surface area contributed by atoms with Crippen molar-refractivity contribution in [3.8, 4) is 0 Å². The van der Waals surface area contributed by atoms with Crippen LogP contribution in [0.15, 0.2) is 0 Å². The van der Waals surface area contributed by atoms with E-state index in [1.54, 1.807) is 4.90 Å². The van der Waals surface area contributed by atoms with Crippen LogP contribution in [0.4, 0.5) is 0 Å². The van der Waals surface area contributed by atoms with Crippen molar-refractivity contribution in [2.24, 2.45) is 11.7 Å². The third-order valence-corrected chi connectivity index (χ3v) is 4.33. The molecule has 1 aliphatic rings. The summed E-state index contributed by atoms with van der Waals surface area (Å²) in [6.45, 7) is 4.66. The van der Waals surface area contributed by atoms with Crippen LogP contribution in [-0.4, -0.2) is 61.9 Å². The van der Waals surface area contributed by atoms with Gasteiger partial charge in [-0.05, 0) is 25.2 Å². The van der Waals surface area contributed by atoms with E-state index in [4.69, 9.17) is 5.73 Å². The van der Waals surface area contributed by atoms with Gasteiger partial charge >= 0.3 is 0 Å². The molecule has 0 saturated carbocycles. The van der Waals surface area contributed by atoms with Crippen LogP contribution < -0.4 is 10.5 Å². The topological polar surface area (TPSA) is 113 Å². The second-order valence-electron chi connectivity index (χ2n) is 6.19. The molecule has 1 saturated heterocycles. The van der Waals surface area contributed by atoms with Gasteiger partial charge in [-0.25, -0.2) is 13.1 Å². The first-order chi connectivity index (χ1) is 9.61. The molecule has 8 heteroatoms. The van der Waals surface area contributed by atoms with E-state index in [0.717, 1.165) is 19.1 Å². The fourth-order valence-corrected chi connectivity index (χ4v) is 3.11. The Labute approximate surface area is 126 Å². The number of carbonyl (C=O) groups is 1. The number of nitrogens with one attached hydrogen (secondary N) is 1. The Balaban J connectivity index is 2.62. The summed E-state index contributed by atoms with van der Waals surface area (Å²) in [5, 5.41) is 10.1. The van der Waals surface area contributed by atoms with Gasteiger partial charge in [-0.1, -0.05) is 13.8 Å². The standard InChI is InChI=1S/C13H27N3O4S/c1-9(2)7-11(14)12(17)13(18)16-6-4-5-10(16)8-15-21(3,19)20/h9-12,15,17H,4-8,14H2,1-3H3/t10-,11+,12-/m0/s1. The zero-order chi connectivity index (χ0) is 16.2. The minimum atomic E-state index is -3.29. The summed E-state index contributed by atoms with van der Waals surface area (Å²) in [6.07, 6.45) is 1.94. The highest BCUT2D eigenvalue weighted by Crippen LogP contribution is 2.19. The summed E-state index contributed by atoms with van der Waals surface area (Å²) in [7, 11) is -3.29. The molecule has 0 radical (unpaired) electrons. The Morgan fingerprint density at radius 1 is 1.48 bits per heavy atom. The van der Waals surface area contributed by atoms with Crippen molar-refractivity contribution in [3.05, 3.63) is 0 Å². The number of hydrogen-bond donors (Lipinski definition) is 3. The van der Waals surface area contributed by atoms with E-state index < -0.39 is 28.1 Å². The second kappa shape index (κ2) is 7.53. The zero-order valence-electron chi connectivity index (χ0n) is 12.9. The van der Waals surface area contributed by atoms with Gasteiger partial charge < -0.3 is 15.7 Å². The van der Waals surface area contributed by atoms with Crippen LogP contribution >= 0.6 is 0 Å². The van der Waals surface area contributed by atoms with Crippen molar-refractivity contribution in [1.82, 2.24) is 9.62 Å². The van der Waals surface area contributed by atoms with Crippen molar-refractivity contribution in [3.63, 3.8) is 0 Å². The van der Waals surface area contributed by atoms with E-state index in [9.17, 15) is 18.3 Å². The Morgan fingerprint density at radius 2 is 2.10 bits per heavy atom. The largest absolute Gasteiger partial charge is 0.382 e. The summed E-state index contributed by atoms with van der Waals surface area (Å²) in [4.78, 5) is 13.9. The number of hydrogen-bond acceptors (Lipinski definition) is 5. The third-order valence-electron chi connectivity index (χ3n) is 3.64. The molecule has 3 atom stereocenters. The molecule has 0 aromatic rings. The number of nitrogens with zero attached hydrogens (tertiary/aromatic N) is 1. The molecular formula is C13H27N3O4S. The van der Waals surface area contributed by atoms with Crippen LogP contribution in [0, 0.1) is 5.92 Å². The van der Waals surface area contributed by atoms with E-state index in [0.29, 0.717) is 18.9 Å². The minimum Gasteiger partial charge on any atom is -0.382 e. The van der Waals surface area contributed by atoms with Crippen molar-refractivity contribution in [2.45, 2.75) is 51.3 Å². The lowest BCUT2D eigenvalue weighted by atomic mass is 9.99. The number of rotatable bonds is 7. The lowest BCUT2D eigenvalue weighted by molar-refractivity contribution is -0.142. The molecule has 0 unspecified atom stereocenters. The fourth-order valence-electron chi connectivity index (χ4n) is 2.61. The number of carbonyl (C=O) groups excluding carboxylic acids is 1. The average Bonchev–Trinajstić information content (AvgIpc) is 2.81. The predicted molar refractivity (Wildman–Crippen MR) is 81.0 cm³/mol. The molecule has 0 aromatic carbocycles. The van der Waals surface area contributed by atoms with Crippen LogP contribution in [0.3, 0.4) is 0 Å². The van der Waals surface area contributed by atoms with E-state index in [2.05, 4.69) is 4.72 Å². The first kappa shape index (κ1) is 18.3. The quantitative estimate of drug-likeness (QED) is 0.572. The predicted octanol–water partition coefficient (Wildman–Crippen LogP) is -0.739. The summed E-state index contributed by atoms with van der Waals surface area (Å²) < 4.78 is 24.7. The molecule has 124 valence electrons. The number of aliphatic hydroxyl groups excluding tert-OH is 1. The molecule has 1 aliphatic heterocycles. The highest BCUT2D eigenvalue weighted by Gasteiger charge is 2.35. The second-order valence-corrected chi connectivity index (χ2v) is 8.02. The van der Waals surface area contributed by atoms with Gasteiger partial charge in [0.05, 0.1) is 6.26 Å². The summed E-state index contributed by atoms with van der Waals surface area (Å²) in [5.41, 5.74) is 5.87. The average molecular weight is 321 g/mol. The maximum Gasteiger partial charge on any atom is 0.253 e. The molecule has 1 amide bonds. The number of aliphatic hydroxyl groups is 1. The zero-order valence-corrected chi connectivity index (χ0v) is 13.8. The summed E-state index contributed by atoms with van der Waals surface area (Å²) in [6, 6.07) is -0.810. The lowest BCUT2D eigenvalue weighted by Gasteiger charge is -2.29. The minimum absolute atomic E-state index is 0.177. The van der Waals surface area contributed by atoms with Gasteiger partial charge in [-0.3, -0.25) is 4.79 Å². The van der Waals surface area contributed by atoms with Crippen LogP contribution in [0.25, 0.3) is 0 Å². The van der Waals surface area contributed by atoms with E-state index in [-0.39, 0.29) is 12.6 Å². The molecule has 0 aliphatic carbocycles. The Morgan fingerprint density at radius 3 is 2.62 bits per heavy atom. The Bertz CT molecular complexity index is 452. The van der Waals surface area contributed by atoms with Crippen molar-refractivity contribution in [1.29, 1.82) is 0 Å². The van der Waals surface area contributed by atoms with Crippen LogP contribution in [0.1, 0.15) is 33.1 Å². The van der Waals surface area contributed by atoms with Gasteiger partial charge in [0.15, 0.2) is 0 Å².